The molecular weight excluding hydrogens is 314 g/mol. The smallest absolute Gasteiger partial charge is 0.307 e. The molecular formula is C21H31NO3. The summed E-state index contributed by atoms with van der Waals surface area (Å²) < 4.78 is 0. The van der Waals surface area contributed by atoms with Crippen LogP contribution in [0.25, 0.3) is 0 Å². The van der Waals surface area contributed by atoms with Gasteiger partial charge in [-0.2, -0.15) is 0 Å². The fourth-order valence-corrected chi connectivity index (χ4v) is 7.51. The third kappa shape index (κ3) is 2.12. The second-order valence-electron chi connectivity index (χ2n) is 9.59. The van der Waals surface area contributed by atoms with E-state index in [1.807, 2.05) is 11.9 Å². The van der Waals surface area contributed by atoms with Crippen molar-refractivity contribution in [1.29, 1.82) is 0 Å². The maximum Gasteiger partial charge on any atom is 0.307 e. The van der Waals surface area contributed by atoms with Crippen molar-refractivity contribution >= 4 is 11.9 Å². The molecule has 4 rings (SSSR count). The first-order chi connectivity index (χ1) is 11.7. The highest BCUT2D eigenvalue weighted by atomic mass is 16.4. The zero-order valence-corrected chi connectivity index (χ0v) is 16.0. The molecule has 4 nitrogen and oxygen atoms in total. The number of likely N-dealkylation sites (tertiary alicyclic amines) is 1. The molecule has 1 saturated heterocycles. The third-order valence-corrected chi connectivity index (χ3v) is 8.61. The number of hydrogen-bond acceptors (Lipinski definition) is 2. The van der Waals surface area contributed by atoms with Gasteiger partial charge in [-0.1, -0.05) is 19.4 Å². The number of carbonyl (C=O) groups excluding carboxylic acids is 1. The number of nitrogens with zero attached hydrogens (tertiary/aromatic N) is 1. The van der Waals surface area contributed by atoms with Crippen molar-refractivity contribution in [1.82, 2.24) is 4.90 Å². The quantitative estimate of drug-likeness (QED) is 0.779. The largest absolute Gasteiger partial charge is 0.481 e. The molecule has 6 atom stereocenters. The van der Waals surface area contributed by atoms with E-state index in [-0.39, 0.29) is 22.7 Å². The van der Waals surface area contributed by atoms with Crippen LogP contribution < -0.4 is 0 Å². The summed E-state index contributed by atoms with van der Waals surface area (Å²) in [5.74, 6) is 1.17. The third-order valence-electron chi connectivity index (χ3n) is 8.61. The minimum absolute atomic E-state index is 0.0441. The van der Waals surface area contributed by atoms with E-state index in [9.17, 15) is 14.7 Å². The van der Waals surface area contributed by atoms with E-state index in [4.69, 9.17) is 0 Å². The number of aliphatic carboxylic acids is 1. The van der Waals surface area contributed by atoms with Gasteiger partial charge in [-0.25, -0.2) is 0 Å². The predicted octanol–water partition coefficient (Wildman–Crippen LogP) is 4.07. The van der Waals surface area contributed by atoms with Gasteiger partial charge in [-0.05, 0) is 68.6 Å². The SMILES string of the molecule is CC1=C2N(C)C(=O)CCC2(C)C2CCC3(C)C(C(=O)O)CCC3C2C1. The molecule has 0 aromatic carbocycles. The molecule has 0 aromatic rings. The molecule has 4 heteroatoms. The van der Waals surface area contributed by atoms with E-state index in [1.54, 1.807) is 0 Å². The Balaban J connectivity index is 1.74. The lowest BCUT2D eigenvalue weighted by molar-refractivity contribution is -0.150. The maximum absolute atomic E-state index is 12.3. The van der Waals surface area contributed by atoms with Crippen molar-refractivity contribution in [2.75, 3.05) is 7.05 Å². The number of rotatable bonds is 1. The monoisotopic (exact) mass is 345 g/mol. The molecule has 1 aliphatic heterocycles. The van der Waals surface area contributed by atoms with Crippen LogP contribution in [-0.4, -0.2) is 28.9 Å². The number of carboxylic acid groups (broad SMARTS) is 1. The van der Waals surface area contributed by atoms with E-state index in [0.29, 0.717) is 24.2 Å². The molecule has 1 N–H and O–H groups in total. The Morgan fingerprint density at radius 1 is 1.16 bits per heavy atom. The summed E-state index contributed by atoms with van der Waals surface area (Å²) in [4.78, 5) is 26.0. The number of allylic oxidation sites excluding steroid dienone is 2. The summed E-state index contributed by atoms with van der Waals surface area (Å²) in [6.07, 6.45) is 6.67. The molecule has 25 heavy (non-hydrogen) atoms. The first-order valence-corrected chi connectivity index (χ1v) is 9.89. The number of carboxylic acids is 1. The van der Waals surface area contributed by atoms with Gasteiger partial charge in [0.2, 0.25) is 5.91 Å². The van der Waals surface area contributed by atoms with Crippen molar-refractivity contribution in [2.24, 2.45) is 34.5 Å². The van der Waals surface area contributed by atoms with Crippen LogP contribution >= 0.6 is 0 Å². The Bertz CT molecular complexity index is 668. The molecule has 0 spiro atoms. The normalized spacial score (nSPS) is 46.6. The van der Waals surface area contributed by atoms with Crippen LogP contribution in [0, 0.1) is 34.5 Å². The number of fused-ring (bicyclic) bond motifs is 5. The van der Waals surface area contributed by atoms with E-state index < -0.39 is 5.97 Å². The van der Waals surface area contributed by atoms with Crippen LogP contribution in [0.1, 0.15) is 65.7 Å². The van der Waals surface area contributed by atoms with Gasteiger partial charge in [-0.3, -0.25) is 9.59 Å². The highest BCUT2D eigenvalue weighted by Gasteiger charge is 2.61. The topological polar surface area (TPSA) is 57.6 Å². The van der Waals surface area contributed by atoms with Crippen molar-refractivity contribution < 1.29 is 14.7 Å². The Kier molecular flexibility index (Phi) is 3.66. The highest BCUT2D eigenvalue weighted by molar-refractivity contribution is 5.80. The van der Waals surface area contributed by atoms with Crippen molar-refractivity contribution in [3.8, 4) is 0 Å². The van der Waals surface area contributed by atoms with E-state index >= 15 is 0 Å². The van der Waals surface area contributed by atoms with Crippen LogP contribution in [0.5, 0.6) is 0 Å². The first-order valence-electron chi connectivity index (χ1n) is 9.89. The molecule has 0 bridgehead atoms. The summed E-state index contributed by atoms with van der Waals surface area (Å²) in [6, 6.07) is 0. The minimum atomic E-state index is -0.596. The molecule has 3 fully saturated rings. The summed E-state index contributed by atoms with van der Waals surface area (Å²) in [5, 5.41) is 9.71. The van der Waals surface area contributed by atoms with Gasteiger partial charge in [0.1, 0.15) is 0 Å². The lowest BCUT2D eigenvalue weighted by Crippen LogP contribution is -2.54. The second-order valence-corrected chi connectivity index (χ2v) is 9.59. The minimum Gasteiger partial charge on any atom is -0.481 e. The lowest BCUT2D eigenvalue weighted by Gasteiger charge is -2.59. The van der Waals surface area contributed by atoms with Gasteiger partial charge in [0, 0.05) is 24.6 Å². The number of amides is 1. The van der Waals surface area contributed by atoms with Gasteiger partial charge in [0.15, 0.2) is 0 Å². The average molecular weight is 345 g/mol. The van der Waals surface area contributed by atoms with Crippen LogP contribution in [0.2, 0.25) is 0 Å². The van der Waals surface area contributed by atoms with Crippen molar-refractivity contribution in [2.45, 2.75) is 65.7 Å². The highest BCUT2D eigenvalue weighted by Crippen LogP contribution is 2.66. The van der Waals surface area contributed by atoms with Crippen molar-refractivity contribution in [3.05, 3.63) is 11.3 Å². The van der Waals surface area contributed by atoms with Gasteiger partial charge in [0.25, 0.3) is 0 Å². The Morgan fingerprint density at radius 2 is 1.88 bits per heavy atom. The Morgan fingerprint density at radius 3 is 2.56 bits per heavy atom. The zero-order valence-electron chi connectivity index (χ0n) is 16.0. The van der Waals surface area contributed by atoms with Crippen molar-refractivity contribution in [3.63, 3.8) is 0 Å². The summed E-state index contributed by atoms with van der Waals surface area (Å²) in [6.45, 7) is 6.82. The fraction of sp³-hybridized carbons (Fsp3) is 0.810. The number of piperidine rings is 1. The van der Waals surface area contributed by atoms with Crippen LogP contribution in [0.4, 0.5) is 0 Å². The van der Waals surface area contributed by atoms with Gasteiger partial charge in [0.05, 0.1) is 5.92 Å². The number of hydrogen-bond donors (Lipinski definition) is 1. The van der Waals surface area contributed by atoms with Crippen LogP contribution in [0.3, 0.4) is 0 Å². The molecule has 2 saturated carbocycles. The maximum atomic E-state index is 12.3. The van der Waals surface area contributed by atoms with Crippen LogP contribution in [-0.2, 0) is 9.59 Å². The van der Waals surface area contributed by atoms with E-state index in [2.05, 4.69) is 20.8 Å². The fourth-order valence-electron chi connectivity index (χ4n) is 7.51. The summed E-state index contributed by atoms with van der Waals surface area (Å²) in [7, 11) is 1.95. The average Bonchev–Trinajstić information content (AvgIpc) is 2.89. The molecule has 0 radical (unpaired) electrons. The lowest BCUT2D eigenvalue weighted by atomic mass is 9.48. The standard InChI is InChI=1S/C21H31NO3/c1-12-11-13-14-5-6-16(19(24)25)20(14,2)9-7-15(13)21(3)10-8-17(23)22(4)18(12)21/h13-16H,5-11H2,1-4H3,(H,24,25). The molecule has 138 valence electrons. The Labute approximate surface area is 150 Å². The van der Waals surface area contributed by atoms with Crippen LogP contribution in [0.15, 0.2) is 11.3 Å². The number of carbonyl (C=O) groups is 2. The Hall–Kier alpha value is -1.32. The molecule has 0 aromatic heterocycles. The summed E-state index contributed by atoms with van der Waals surface area (Å²) >= 11 is 0. The predicted molar refractivity (Wildman–Crippen MR) is 95.6 cm³/mol. The van der Waals surface area contributed by atoms with Gasteiger partial charge in [-0.15, -0.1) is 0 Å². The molecule has 6 unspecified atom stereocenters. The molecule has 1 heterocycles. The molecule has 1 amide bonds. The van der Waals surface area contributed by atoms with E-state index in [0.717, 1.165) is 38.5 Å². The second kappa shape index (κ2) is 5.34. The zero-order chi connectivity index (χ0) is 18.1. The molecule has 3 aliphatic carbocycles. The first kappa shape index (κ1) is 17.1. The van der Waals surface area contributed by atoms with E-state index in [1.165, 1.54) is 11.3 Å². The summed E-state index contributed by atoms with van der Waals surface area (Å²) in [5.41, 5.74) is 2.68. The van der Waals surface area contributed by atoms with Gasteiger partial charge >= 0.3 is 5.97 Å². The molecule has 4 aliphatic rings. The van der Waals surface area contributed by atoms with Gasteiger partial charge < -0.3 is 10.0 Å².